The average molecular weight is 287 g/mol. The van der Waals surface area contributed by atoms with Crippen LogP contribution in [0.1, 0.15) is 11.1 Å². The highest BCUT2D eigenvalue weighted by Crippen LogP contribution is 2.32. The van der Waals surface area contributed by atoms with Gasteiger partial charge in [-0.05, 0) is 42.8 Å². The van der Waals surface area contributed by atoms with Gasteiger partial charge in [0.05, 0.1) is 4.92 Å². The van der Waals surface area contributed by atoms with Crippen LogP contribution in [0.25, 0.3) is 0 Å². The molecule has 21 heavy (non-hydrogen) atoms. The summed E-state index contributed by atoms with van der Waals surface area (Å²) in [5, 5.41) is 22.4. The van der Waals surface area contributed by atoms with Gasteiger partial charge in [-0.25, -0.2) is 0 Å². The van der Waals surface area contributed by atoms with E-state index in [1.54, 1.807) is 36.4 Å². The van der Waals surface area contributed by atoms with E-state index in [0.29, 0.717) is 11.3 Å². The number of nitrogens with zero attached hydrogens (tertiary/aromatic N) is 2. The van der Waals surface area contributed by atoms with Crippen molar-refractivity contribution in [3.8, 4) is 11.5 Å². The van der Waals surface area contributed by atoms with Gasteiger partial charge in [0, 0.05) is 11.6 Å². The van der Waals surface area contributed by atoms with E-state index in [-0.39, 0.29) is 17.3 Å². The van der Waals surface area contributed by atoms with Gasteiger partial charge in [-0.15, -0.1) is 0 Å². The van der Waals surface area contributed by atoms with Gasteiger partial charge in [0.15, 0.2) is 5.84 Å². The first-order valence-corrected chi connectivity index (χ1v) is 6.02. The summed E-state index contributed by atoms with van der Waals surface area (Å²) in [7, 11) is 0. The third kappa shape index (κ3) is 3.27. The van der Waals surface area contributed by atoms with Crippen LogP contribution in [0.5, 0.6) is 11.5 Å². The van der Waals surface area contributed by atoms with Crippen LogP contribution in [0.4, 0.5) is 5.69 Å². The van der Waals surface area contributed by atoms with Crippen molar-refractivity contribution in [2.45, 2.75) is 6.92 Å². The molecular formula is C14H13N3O4. The minimum atomic E-state index is -0.500. The normalized spacial score (nSPS) is 11.2. The average Bonchev–Trinajstić information content (AvgIpc) is 2.47. The van der Waals surface area contributed by atoms with E-state index < -0.39 is 4.92 Å². The number of nitrogens with two attached hydrogens (primary N) is 1. The molecule has 0 fully saturated rings. The Morgan fingerprint density at radius 3 is 2.52 bits per heavy atom. The molecule has 0 unspecified atom stereocenters. The molecule has 2 aromatic rings. The molecule has 0 bridgehead atoms. The highest BCUT2D eigenvalue weighted by molar-refractivity contribution is 5.97. The molecule has 0 aliphatic carbocycles. The van der Waals surface area contributed by atoms with E-state index in [1.807, 2.05) is 6.92 Å². The summed E-state index contributed by atoms with van der Waals surface area (Å²) in [6.45, 7) is 1.82. The minimum Gasteiger partial charge on any atom is -0.450 e. The van der Waals surface area contributed by atoms with Gasteiger partial charge in [-0.3, -0.25) is 10.1 Å². The molecule has 2 rings (SSSR count). The molecule has 0 saturated carbocycles. The molecule has 7 nitrogen and oxygen atoms in total. The van der Waals surface area contributed by atoms with Crippen molar-refractivity contribution in [3.63, 3.8) is 0 Å². The summed E-state index contributed by atoms with van der Waals surface area (Å²) in [5.41, 5.74) is 6.71. The van der Waals surface area contributed by atoms with Crippen LogP contribution in [0.3, 0.4) is 0 Å². The Labute approximate surface area is 120 Å². The monoisotopic (exact) mass is 287 g/mol. The number of aryl methyl sites for hydroxylation is 1. The molecule has 0 aliphatic rings. The van der Waals surface area contributed by atoms with Gasteiger partial charge in [0.25, 0.3) is 0 Å². The van der Waals surface area contributed by atoms with Gasteiger partial charge in [0.2, 0.25) is 5.75 Å². The lowest BCUT2D eigenvalue weighted by atomic mass is 10.2. The Morgan fingerprint density at radius 1 is 1.29 bits per heavy atom. The van der Waals surface area contributed by atoms with Crippen LogP contribution in [0, 0.1) is 17.0 Å². The molecule has 0 aromatic heterocycles. The Hall–Kier alpha value is -3.09. The number of nitro benzene ring substituents is 1. The van der Waals surface area contributed by atoms with Crippen molar-refractivity contribution in [1.29, 1.82) is 0 Å². The fourth-order valence-electron chi connectivity index (χ4n) is 1.73. The molecule has 3 N–H and O–H groups in total. The maximum absolute atomic E-state index is 11.0. The number of benzene rings is 2. The van der Waals surface area contributed by atoms with E-state index in [4.69, 9.17) is 15.7 Å². The van der Waals surface area contributed by atoms with E-state index >= 15 is 0 Å². The van der Waals surface area contributed by atoms with Crippen molar-refractivity contribution < 1.29 is 14.9 Å². The molecule has 0 saturated heterocycles. The van der Waals surface area contributed by atoms with Crippen molar-refractivity contribution in [3.05, 3.63) is 63.7 Å². The third-order valence-electron chi connectivity index (χ3n) is 2.80. The molecule has 0 aliphatic heterocycles. The smallest absolute Gasteiger partial charge is 0.311 e. The summed E-state index contributed by atoms with van der Waals surface area (Å²) >= 11 is 0. The quantitative estimate of drug-likeness (QED) is 0.295. The molecule has 0 amide bonds. The van der Waals surface area contributed by atoms with Gasteiger partial charge < -0.3 is 15.7 Å². The first-order chi connectivity index (χ1) is 10.0. The molecule has 0 heterocycles. The van der Waals surface area contributed by atoms with Crippen molar-refractivity contribution in [2.75, 3.05) is 0 Å². The zero-order chi connectivity index (χ0) is 15.4. The lowest BCUT2D eigenvalue weighted by Crippen LogP contribution is -2.12. The Bertz CT molecular complexity index is 696. The zero-order valence-electron chi connectivity index (χ0n) is 11.2. The summed E-state index contributed by atoms with van der Waals surface area (Å²) in [5.74, 6) is 0.554. The summed E-state index contributed by atoms with van der Waals surface area (Å²) in [4.78, 5) is 10.5. The van der Waals surface area contributed by atoms with Crippen LogP contribution in [0.15, 0.2) is 47.6 Å². The number of rotatable bonds is 4. The highest BCUT2D eigenvalue weighted by Gasteiger charge is 2.15. The van der Waals surface area contributed by atoms with Gasteiger partial charge in [-0.2, -0.15) is 0 Å². The minimum absolute atomic E-state index is 0.0249. The summed E-state index contributed by atoms with van der Waals surface area (Å²) in [6.07, 6.45) is 0. The Morgan fingerprint density at radius 2 is 1.95 bits per heavy atom. The first-order valence-electron chi connectivity index (χ1n) is 6.02. The van der Waals surface area contributed by atoms with Crippen LogP contribution < -0.4 is 10.5 Å². The zero-order valence-corrected chi connectivity index (χ0v) is 11.2. The number of nitro groups is 1. The predicted octanol–water partition coefficient (Wildman–Crippen LogP) is 2.79. The van der Waals surface area contributed by atoms with E-state index in [9.17, 15) is 10.1 Å². The van der Waals surface area contributed by atoms with Crippen molar-refractivity contribution in [2.24, 2.45) is 10.9 Å². The SMILES string of the molecule is Cc1ccc([N+](=O)[O-])c(Oc2ccc(/C(N)=N/O)cc2)c1. The van der Waals surface area contributed by atoms with Crippen LogP contribution in [-0.4, -0.2) is 16.0 Å². The third-order valence-corrected chi connectivity index (χ3v) is 2.80. The molecule has 108 valence electrons. The lowest BCUT2D eigenvalue weighted by Gasteiger charge is -2.07. The van der Waals surface area contributed by atoms with Crippen LogP contribution in [0.2, 0.25) is 0 Å². The summed E-state index contributed by atoms with van der Waals surface area (Å²) in [6, 6.07) is 11.0. The van der Waals surface area contributed by atoms with Crippen LogP contribution >= 0.6 is 0 Å². The predicted molar refractivity (Wildman–Crippen MR) is 76.9 cm³/mol. The van der Waals surface area contributed by atoms with Crippen molar-refractivity contribution >= 4 is 11.5 Å². The second kappa shape index (κ2) is 5.91. The maximum atomic E-state index is 11.0. The Kier molecular flexibility index (Phi) is 4.03. The van der Waals surface area contributed by atoms with Crippen molar-refractivity contribution in [1.82, 2.24) is 0 Å². The first kappa shape index (κ1) is 14.3. The topological polar surface area (TPSA) is 111 Å². The molecule has 0 radical (unpaired) electrons. The standard InChI is InChI=1S/C14H13N3O4/c1-9-2-7-12(17(19)20)13(8-9)21-11-5-3-10(4-6-11)14(15)16-18/h2-8,18H,1H3,(H2,15,16). The molecular weight excluding hydrogens is 274 g/mol. The lowest BCUT2D eigenvalue weighted by molar-refractivity contribution is -0.385. The van der Waals surface area contributed by atoms with Gasteiger partial charge in [0.1, 0.15) is 5.75 Å². The molecule has 2 aromatic carbocycles. The second-order valence-corrected chi connectivity index (χ2v) is 4.34. The number of ether oxygens (including phenoxy) is 1. The second-order valence-electron chi connectivity index (χ2n) is 4.34. The number of oxime groups is 1. The highest BCUT2D eigenvalue weighted by atomic mass is 16.6. The molecule has 7 heteroatoms. The number of hydrogen-bond donors (Lipinski definition) is 2. The van der Waals surface area contributed by atoms with Crippen LogP contribution in [-0.2, 0) is 0 Å². The van der Waals surface area contributed by atoms with E-state index in [0.717, 1.165) is 5.56 Å². The maximum Gasteiger partial charge on any atom is 0.311 e. The van der Waals surface area contributed by atoms with Gasteiger partial charge >= 0.3 is 5.69 Å². The van der Waals surface area contributed by atoms with Gasteiger partial charge in [-0.1, -0.05) is 11.2 Å². The molecule has 0 spiro atoms. The largest absolute Gasteiger partial charge is 0.450 e. The summed E-state index contributed by atoms with van der Waals surface area (Å²) < 4.78 is 5.54. The number of hydrogen-bond acceptors (Lipinski definition) is 5. The fraction of sp³-hybridized carbons (Fsp3) is 0.0714. The molecule has 0 atom stereocenters. The number of amidine groups is 1. The Balaban J connectivity index is 2.30. The van der Waals surface area contributed by atoms with E-state index in [1.165, 1.54) is 6.07 Å². The fourth-order valence-corrected chi connectivity index (χ4v) is 1.73. The van der Waals surface area contributed by atoms with E-state index in [2.05, 4.69) is 5.16 Å².